The molecule has 2 heterocycles. The summed E-state index contributed by atoms with van der Waals surface area (Å²) in [7, 11) is 0. The van der Waals surface area contributed by atoms with Crippen molar-refractivity contribution >= 4 is 16.8 Å². The number of benzene rings is 2. The number of nitrogens with zero attached hydrogens (tertiary/aromatic N) is 3. The van der Waals surface area contributed by atoms with Crippen LogP contribution in [0.3, 0.4) is 0 Å². The van der Waals surface area contributed by atoms with E-state index < -0.39 is 0 Å². The minimum atomic E-state index is -0.212. The topological polar surface area (TPSA) is 103 Å². The van der Waals surface area contributed by atoms with Crippen LogP contribution >= 0.6 is 0 Å². The van der Waals surface area contributed by atoms with Crippen molar-refractivity contribution < 1.29 is 9.53 Å². The summed E-state index contributed by atoms with van der Waals surface area (Å²) < 4.78 is 5.72. The number of nitrogens with two attached hydrogens (primary N) is 1. The Kier molecular flexibility index (Phi) is 5.40. The fraction of sp³-hybridized carbons (Fsp3) is 0.0909. The van der Waals surface area contributed by atoms with Crippen LogP contribution in [0.1, 0.15) is 21.7 Å². The first kappa shape index (κ1) is 18.5. The van der Waals surface area contributed by atoms with E-state index in [1.165, 1.54) is 6.33 Å². The summed E-state index contributed by atoms with van der Waals surface area (Å²) in [5.41, 5.74) is 8.43. The van der Waals surface area contributed by atoms with Gasteiger partial charge in [-0.15, -0.1) is 0 Å². The molecule has 0 aliphatic heterocycles. The van der Waals surface area contributed by atoms with Crippen molar-refractivity contribution in [2.24, 2.45) is 5.73 Å². The number of para-hydroxylation sites is 1. The number of carbonyl (C=O) groups excluding carboxylic acids is 1. The molecule has 0 aliphatic rings. The number of nitrogens with one attached hydrogen (secondary N) is 1. The highest BCUT2D eigenvalue weighted by Crippen LogP contribution is 2.20. The van der Waals surface area contributed by atoms with Gasteiger partial charge in [0, 0.05) is 23.6 Å². The van der Waals surface area contributed by atoms with Crippen LogP contribution in [0.5, 0.6) is 11.6 Å². The summed E-state index contributed by atoms with van der Waals surface area (Å²) in [6, 6.07) is 20.3. The van der Waals surface area contributed by atoms with E-state index in [2.05, 4.69) is 20.3 Å². The van der Waals surface area contributed by atoms with Crippen molar-refractivity contribution in [3.05, 3.63) is 90.0 Å². The Morgan fingerprint density at radius 1 is 0.966 bits per heavy atom. The summed E-state index contributed by atoms with van der Waals surface area (Å²) in [5.74, 6) is 0.664. The van der Waals surface area contributed by atoms with Crippen molar-refractivity contribution in [2.75, 3.05) is 0 Å². The lowest BCUT2D eigenvalue weighted by Gasteiger charge is -2.09. The Hall–Kier alpha value is -3.84. The molecular weight excluding hydrogens is 366 g/mol. The molecule has 2 aromatic carbocycles. The fourth-order valence-electron chi connectivity index (χ4n) is 2.85. The standard InChI is InChI=1S/C22H19N5O2/c23-12-18-11-21(26-14-25-18)29-19-6-3-5-16(10-19)22(28)24-13-17-9-8-15-4-1-2-7-20(15)27-17/h1-11,14H,12-13,23H2,(H,24,28). The molecule has 4 rings (SSSR count). The highest BCUT2D eigenvalue weighted by Gasteiger charge is 2.09. The monoisotopic (exact) mass is 385 g/mol. The zero-order valence-electron chi connectivity index (χ0n) is 15.6. The van der Waals surface area contributed by atoms with E-state index in [1.54, 1.807) is 30.3 Å². The summed E-state index contributed by atoms with van der Waals surface area (Å²) in [6.07, 6.45) is 1.39. The van der Waals surface area contributed by atoms with Gasteiger partial charge in [-0.05, 0) is 30.3 Å². The largest absolute Gasteiger partial charge is 0.439 e. The number of amides is 1. The Labute approximate surface area is 167 Å². The third kappa shape index (κ3) is 4.53. The predicted octanol–water partition coefficient (Wildman–Crippen LogP) is 3.21. The molecule has 1 amide bonds. The first-order chi connectivity index (χ1) is 14.2. The van der Waals surface area contributed by atoms with E-state index in [-0.39, 0.29) is 5.91 Å². The lowest BCUT2D eigenvalue weighted by molar-refractivity contribution is 0.0950. The third-order valence-electron chi connectivity index (χ3n) is 4.31. The smallest absolute Gasteiger partial charge is 0.251 e. The third-order valence-corrected chi connectivity index (χ3v) is 4.31. The molecule has 0 saturated carbocycles. The number of carbonyl (C=O) groups is 1. The van der Waals surface area contributed by atoms with Crippen LogP contribution < -0.4 is 15.8 Å². The fourth-order valence-corrected chi connectivity index (χ4v) is 2.85. The Bertz CT molecular complexity index is 1160. The minimum Gasteiger partial charge on any atom is -0.439 e. The van der Waals surface area contributed by atoms with Crippen molar-refractivity contribution in [1.82, 2.24) is 20.3 Å². The molecule has 7 heteroatoms. The summed E-state index contributed by atoms with van der Waals surface area (Å²) in [4.78, 5) is 25.2. The van der Waals surface area contributed by atoms with Gasteiger partial charge >= 0.3 is 0 Å². The lowest BCUT2D eigenvalue weighted by Crippen LogP contribution is -2.23. The molecule has 29 heavy (non-hydrogen) atoms. The number of pyridine rings is 1. The van der Waals surface area contributed by atoms with Crippen molar-refractivity contribution in [3.63, 3.8) is 0 Å². The maximum atomic E-state index is 12.6. The molecular formula is C22H19N5O2. The van der Waals surface area contributed by atoms with Gasteiger partial charge in [0.1, 0.15) is 12.1 Å². The van der Waals surface area contributed by atoms with Gasteiger partial charge in [-0.3, -0.25) is 9.78 Å². The SMILES string of the molecule is NCc1cc(Oc2cccc(C(=O)NCc3ccc4ccccc4n3)c2)ncn1. The molecule has 0 spiro atoms. The maximum Gasteiger partial charge on any atom is 0.251 e. The van der Waals surface area contributed by atoms with Crippen molar-refractivity contribution in [2.45, 2.75) is 13.1 Å². The molecule has 0 atom stereocenters. The van der Waals surface area contributed by atoms with Gasteiger partial charge in [0.15, 0.2) is 0 Å². The highest BCUT2D eigenvalue weighted by atomic mass is 16.5. The average molecular weight is 385 g/mol. The molecule has 0 fully saturated rings. The molecule has 0 saturated heterocycles. The van der Waals surface area contributed by atoms with Gasteiger partial charge in [0.2, 0.25) is 5.88 Å². The summed E-state index contributed by atoms with van der Waals surface area (Å²) in [5, 5.41) is 3.95. The number of fused-ring (bicyclic) bond motifs is 1. The van der Waals surface area contributed by atoms with E-state index >= 15 is 0 Å². The lowest BCUT2D eigenvalue weighted by atomic mass is 10.2. The molecule has 3 N–H and O–H groups in total. The zero-order valence-corrected chi connectivity index (χ0v) is 15.6. The van der Waals surface area contributed by atoms with Crippen molar-refractivity contribution in [1.29, 1.82) is 0 Å². The predicted molar refractivity (Wildman–Crippen MR) is 109 cm³/mol. The first-order valence-electron chi connectivity index (χ1n) is 9.13. The summed E-state index contributed by atoms with van der Waals surface area (Å²) in [6.45, 7) is 0.630. The van der Waals surface area contributed by atoms with E-state index in [0.29, 0.717) is 36.0 Å². The normalized spacial score (nSPS) is 10.7. The van der Waals surface area contributed by atoms with Crippen LogP contribution in [0.4, 0.5) is 0 Å². The Morgan fingerprint density at radius 3 is 2.76 bits per heavy atom. The van der Waals surface area contributed by atoms with Crippen LogP contribution in [-0.2, 0) is 13.1 Å². The van der Waals surface area contributed by atoms with Gasteiger partial charge in [-0.1, -0.05) is 30.3 Å². The first-order valence-corrected chi connectivity index (χ1v) is 9.13. The van der Waals surface area contributed by atoms with Gasteiger partial charge < -0.3 is 15.8 Å². The quantitative estimate of drug-likeness (QED) is 0.528. The number of aromatic nitrogens is 3. The Morgan fingerprint density at radius 2 is 1.86 bits per heavy atom. The number of hydrogen-bond donors (Lipinski definition) is 2. The molecule has 4 aromatic rings. The van der Waals surface area contributed by atoms with Gasteiger partial charge in [0.25, 0.3) is 5.91 Å². The molecule has 0 aliphatic carbocycles. The van der Waals surface area contributed by atoms with Crippen LogP contribution in [0, 0.1) is 0 Å². The second-order valence-corrected chi connectivity index (χ2v) is 6.36. The second kappa shape index (κ2) is 8.45. The van der Waals surface area contributed by atoms with E-state index in [9.17, 15) is 4.79 Å². The molecule has 0 radical (unpaired) electrons. The van der Waals surface area contributed by atoms with E-state index in [1.807, 2.05) is 36.4 Å². The zero-order chi connectivity index (χ0) is 20.1. The van der Waals surface area contributed by atoms with Gasteiger partial charge in [-0.25, -0.2) is 9.97 Å². The van der Waals surface area contributed by atoms with Crippen LogP contribution in [0.15, 0.2) is 73.1 Å². The van der Waals surface area contributed by atoms with Gasteiger partial charge in [-0.2, -0.15) is 0 Å². The maximum absolute atomic E-state index is 12.6. The number of rotatable bonds is 6. The van der Waals surface area contributed by atoms with Crippen LogP contribution in [0.25, 0.3) is 10.9 Å². The summed E-state index contributed by atoms with van der Waals surface area (Å²) >= 11 is 0. The second-order valence-electron chi connectivity index (χ2n) is 6.36. The highest BCUT2D eigenvalue weighted by molar-refractivity contribution is 5.94. The van der Waals surface area contributed by atoms with E-state index in [4.69, 9.17) is 10.5 Å². The molecule has 7 nitrogen and oxygen atoms in total. The number of ether oxygens (including phenoxy) is 1. The molecule has 0 bridgehead atoms. The Balaban J connectivity index is 1.43. The van der Waals surface area contributed by atoms with Crippen LogP contribution in [0.2, 0.25) is 0 Å². The molecule has 2 aromatic heterocycles. The molecule has 144 valence electrons. The van der Waals surface area contributed by atoms with Gasteiger partial charge in [0.05, 0.1) is 23.4 Å². The average Bonchev–Trinajstić information content (AvgIpc) is 2.77. The van der Waals surface area contributed by atoms with Crippen LogP contribution in [-0.4, -0.2) is 20.9 Å². The number of hydrogen-bond acceptors (Lipinski definition) is 6. The molecule has 0 unspecified atom stereocenters. The van der Waals surface area contributed by atoms with Crippen molar-refractivity contribution in [3.8, 4) is 11.6 Å². The minimum absolute atomic E-state index is 0.212. The van der Waals surface area contributed by atoms with E-state index in [0.717, 1.165) is 16.6 Å².